The Hall–Kier alpha value is -3.52. The molecule has 190 valence electrons. The van der Waals surface area contributed by atoms with Crippen molar-refractivity contribution >= 4 is 28.9 Å². The summed E-state index contributed by atoms with van der Waals surface area (Å²) >= 11 is 0. The van der Waals surface area contributed by atoms with Crippen molar-refractivity contribution in [3.05, 3.63) is 65.2 Å². The van der Waals surface area contributed by atoms with E-state index in [1.54, 1.807) is 18.5 Å². The summed E-state index contributed by atoms with van der Waals surface area (Å²) in [5.41, 5.74) is 4.61. The first-order valence-electron chi connectivity index (χ1n) is 12.5. The molecule has 2 aromatic heterocycles. The van der Waals surface area contributed by atoms with Gasteiger partial charge in [0.15, 0.2) is 0 Å². The van der Waals surface area contributed by atoms with E-state index in [4.69, 9.17) is 0 Å². The monoisotopic (exact) mass is 487 g/mol. The molecule has 0 bridgehead atoms. The fourth-order valence-corrected chi connectivity index (χ4v) is 4.26. The number of aromatic nitrogens is 3. The summed E-state index contributed by atoms with van der Waals surface area (Å²) in [5, 5.41) is 9.70. The predicted octanol–water partition coefficient (Wildman–Crippen LogP) is 4.82. The zero-order valence-electron chi connectivity index (χ0n) is 22.3. The first-order chi connectivity index (χ1) is 17.0. The van der Waals surface area contributed by atoms with Crippen molar-refractivity contribution in [2.24, 2.45) is 0 Å². The predicted molar refractivity (Wildman–Crippen MR) is 145 cm³/mol. The van der Waals surface area contributed by atoms with E-state index in [1.807, 2.05) is 19.9 Å². The SMILES string of the molecule is CC(C)NC(=O)c1cnc(Nc2ccc3c(c2)CC(N(C)C)C3)cc1Nc1ccnc(C(C)(C)C)n1. The highest BCUT2D eigenvalue weighted by Crippen LogP contribution is 2.30. The van der Waals surface area contributed by atoms with Crippen molar-refractivity contribution < 1.29 is 4.79 Å². The summed E-state index contributed by atoms with van der Waals surface area (Å²) in [6.07, 6.45) is 5.44. The van der Waals surface area contributed by atoms with Gasteiger partial charge in [0.1, 0.15) is 17.5 Å². The Morgan fingerprint density at radius 1 is 1.00 bits per heavy atom. The van der Waals surface area contributed by atoms with Crippen molar-refractivity contribution in [3.8, 4) is 0 Å². The average Bonchev–Trinajstić information content (AvgIpc) is 3.22. The molecular weight excluding hydrogens is 450 g/mol. The van der Waals surface area contributed by atoms with Crippen LogP contribution in [0.3, 0.4) is 0 Å². The van der Waals surface area contributed by atoms with E-state index in [-0.39, 0.29) is 17.4 Å². The van der Waals surface area contributed by atoms with Crippen LogP contribution in [0, 0.1) is 0 Å². The number of fused-ring (bicyclic) bond motifs is 1. The lowest BCUT2D eigenvalue weighted by molar-refractivity contribution is 0.0943. The van der Waals surface area contributed by atoms with Gasteiger partial charge >= 0.3 is 0 Å². The van der Waals surface area contributed by atoms with Crippen molar-refractivity contribution in [1.82, 2.24) is 25.2 Å². The van der Waals surface area contributed by atoms with Gasteiger partial charge in [0, 0.05) is 41.6 Å². The Bertz CT molecular complexity index is 1250. The van der Waals surface area contributed by atoms with E-state index in [0.29, 0.717) is 28.9 Å². The second-order valence-electron chi connectivity index (χ2n) is 11.0. The number of anilines is 4. The summed E-state index contributed by atoms with van der Waals surface area (Å²) in [7, 11) is 4.26. The number of nitrogens with one attached hydrogen (secondary N) is 3. The second kappa shape index (κ2) is 10.2. The summed E-state index contributed by atoms with van der Waals surface area (Å²) in [4.78, 5) is 28.8. The molecule has 4 rings (SSSR count). The first-order valence-corrected chi connectivity index (χ1v) is 12.5. The summed E-state index contributed by atoms with van der Waals surface area (Å²) < 4.78 is 0. The maximum absolute atomic E-state index is 12.9. The third-order valence-corrected chi connectivity index (χ3v) is 6.28. The van der Waals surface area contributed by atoms with E-state index in [1.165, 1.54) is 11.1 Å². The highest BCUT2D eigenvalue weighted by Gasteiger charge is 2.23. The molecule has 0 radical (unpaired) electrons. The fourth-order valence-electron chi connectivity index (χ4n) is 4.26. The first kappa shape index (κ1) is 25.6. The molecule has 3 aromatic rings. The molecule has 0 saturated carbocycles. The van der Waals surface area contributed by atoms with Gasteiger partial charge in [0.05, 0.1) is 11.3 Å². The lowest BCUT2D eigenvalue weighted by atomic mass is 9.96. The number of carbonyl (C=O) groups is 1. The van der Waals surface area contributed by atoms with Gasteiger partial charge in [-0.05, 0) is 70.1 Å². The minimum Gasteiger partial charge on any atom is -0.350 e. The van der Waals surface area contributed by atoms with Crippen LogP contribution in [-0.2, 0) is 18.3 Å². The van der Waals surface area contributed by atoms with Crippen LogP contribution < -0.4 is 16.0 Å². The van der Waals surface area contributed by atoms with Crippen LogP contribution in [0.5, 0.6) is 0 Å². The van der Waals surface area contributed by atoms with Gasteiger partial charge in [-0.3, -0.25) is 4.79 Å². The van der Waals surface area contributed by atoms with Gasteiger partial charge in [-0.25, -0.2) is 15.0 Å². The minimum absolute atomic E-state index is 0.00657. The largest absolute Gasteiger partial charge is 0.350 e. The Kier molecular flexibility index (Phi) is 7.26. The number of rotatable bonds is 7. The molecule has 0 aliphatic heterocycles. The van der Waals surface area contributed by atoms with Crippen LogP contribution in [0.1, 0.15) is 61.9 Å². The number of amides is 1. The maximum atomic E-state index is 12.9. The van der Waals surface area contributed by atoms with Gasteiger partial charge in [-0.2, -0.15) is 0 Å². The Morgan fingerprint density at radius 3 is 2.44 bits per heavy atom. The fraction of sp³-hybridized carbons (Fsp3) is 0.429. The zero-order chi connectivity index (χ0) is 26.0. The molecule has 1 unspecified atom stereocenters. The van der Waals surface area contributed by atoms with Crippen LogP contribution in [0.25, 0.3) is 0 Å². The molecule has 0 saturated heterocycles. The van der Waals surface area contributed by atoms with Crippen molar-refractivity contribution in [1.29, 1.82) is 0 Å². The molecule has 1 aliphatic carbocycles. The van der Waals surface area contributed by atoms with E-state index < -0.39 is 0 Å². The van der Waals surface area contributed by atoms with E-state index in [2.05, 4.69) is 88.9 Å². The van der Waals surface area contributed by atoms with Crippen molar-refractivity contribution in [2.45, 2.75) is 65.0 Å². The van der Waals surface area contributed by atoms with Gasteiger partial charge in [-0.1, -0.05) is 26.8 Å². The highest BCUT2D eigenvalue weighted by atomic mass is 16.1. The van der Waals surface area contributed by atoms with Crippen LogP contribution in [0.4, 0.5) is 23.0 Å². The van der Waals surface area contributed by atoms with Gasteiger partial charge in [0.25, 0.3) is 5.91 Å². The van der Waals surface area contributed by atoms with Crippen LogP contribution >= 0.6 is 0 Å². The number of hydrogen-bond donors (Lipinski definition) is 3. The maximum Gasteiger partial charge on any atom is 0.255 e. The molecule has 2 heterocycles. The van der Waals surface area contributed by atoms with Crippen molar-refractivity contribution in [2.75, 3.05) is 24.7 Å². The van der Waals surface area contributed by atoms with E-state index >= 15 is 0 Å². The molecule has 1 aliphatic rings. The van der Waals surface area contributed by atoms with Crippen LogP contribution in [-0.4, -0.2) is 51.9 Å². The molecule has 0 fully saturated rings. The van der Waals surface area contributed by atoms with Crippen molar-refractivity contribution in [3.63, 3.8) is 0 Å². The standard InChI is InChI=1S/C28H37N7O/c1-17(2)31-26(36)22-16-30-25(15-23(22)33-24-10-11-29-27(34-24)28(3,4)5)32-20-9-8-18-13-21(35(6)7)14-19(18)12-20/h8-12,15-17,21H,13-14H2,1-7H3,(H,31,36)(H2,29,30,32,33,34). The lowest BCUT2D eigenvalue weighted by Crippen LogP contribution is -2.30. The number of carbonyl (C=O) groups excluding carboxylic acids is 1. The topological polar surface area (TPSA) is 95.1 Å². The highest BCUT2D eigenvalue weighted by molar-refractivity contribution is 6.00. The Balaban J connectivity index is 1.63. The van der Waals surface area contributed by atoms with Gasteiger partial charge < -0.3 is 20.9 Å². The van der Waals surface area contributed by atoms with Crippen LogP contribution in [0.15, 0.2) is 42.7 Å². The number of likely N-dealkylation sites (N-methyl/N-ethyl adjacent to an activating group) is 1. The number of benzene rings is 1. The number of hydrogen-bond acceptors (Lipinski definition) is 7. The normalized spacial score (nSPS) is 15.2. The molecule has 0 spiro atoms. The van der Waals surface area contributed by atoms with Gasteiger partial charge in [-0.15, -0.1) is 0 Å². The summed E-state index contributed by atoms with van der Waals surface area (Å²) in [6.45, 7) is 10.1. The second-order valence-corrected chi connectivity index (χ2v) is 11.0. The zero-order valence-corrected chi connectivity index (χ0v) is 22.3. The van der Waals surface area contributed by atoms with E-state index in [9.17, 15) is 4.79 Å². The molecule has 1 atom stereocenters. The molecule has 8 nitrogen and oxygen atoms in total. The third-order valence-electron chi connectivity index (χ3n) is 6.28. The molecule has 1 amide bonds. The molecule has 3 N–H and O–H groups in total. The third kappa shape index (κ3) is 5.99. The molecule has 36 heavy (non-hydrogen) atoms. The molecule has 1 aromatic carbocycles. The summed E-state index contributed by atoms with van der Waals surface area (Å²) in [5.74, 6) is 1.80. The van der Waals surface area contributed by atoms with Gasteiger partial charge in [0.2, 0.25) is 0 Å². The van der Waals surface area contributed by atoms with Crippen LogP contribution in [0.2, 0.25) is 0 Å². The lowest BCUT2D eigenvalue weighted by Gasteiger charge is -2.18. The quantitative estimate of drug-likeness (QED) is 0.440. The molecule has 8 heteroatoms. The average molecular weight is 488 g/mol. The Morgan fingerprint density at radius 2 is 1.75 bits per heavy atom. The number of pyridine rings is 1. The van der Waals surface area contributed by atoms with E-state index in [0.717, 1.165) is 24.4 Å². The Labute approximate surface area is 214 Å². The number of nitrogens with zero attached hydrogens (tertiary/aromatic N) is 4. The minimum atomic E-state index is -0.195. The summed E-state index contributed by atoms with van der Waals surface area (Å²) in [6, 6.07) is 10.7. The molecular formula is C28H37N7O. The smallest absolute Gasteiger partial charge is 0.255 e.